The fourth-order valence-electron chi connectivity index (χ4n) is 1.38. The van der Waals surface area contributed by atoms with Crippen LogP contribution in [-0.4, -0.2) is 32.3 Å². The third-order valence-corrected chi connectivity index (χ3v) is 3.36. The topological polar surface area (TPSA) is 45.7 Å². The number of halogens is 1. The first-order valence-corrected chi connectivity index (χ1v) is 7.00. The highest BCUT2D eigenvalue weighted by molar-refractivity contribution is 9.10. The number of ether oxygens (including phenoxy) is 1. The van der Waals surface area contributed by atoms with Crippen molar-refractivity contribution in [3.63, 3.8) is 0 Å². The van der Waals surface area contributed by atoms with Crippen LogP contribution in [-0.2, 0) is 11.3 Å². The van der Waals surface area contributed by atoms with E-state index in [1.807, 2.05) is 26.0 Å². The maximum Gasteiger partial charge on any atom is 0.191 e. The molecule has 2 N–H and O–H groups in total. The van der Waals surface area contributed by atoms with E-state index in [9.17, 15) is 0 Å². The molecule has 0 unspecified atom stereocenters. The highest BCUT2D eigenvalue weighted by Gasteiger charge is 2.16. The van der Waals surface area contributed by atoms with Crippen LogP contribution in [0.2, 0.25) is 0 Å². The molecule has 1 rings (SSSR count). The summed E-state index contributed by atoms with van der Waals surface area (Å²) in [5.74, 6) is 0.771. The zero-order chi connectivity index (χ0) is 14.3. The fourth-order valence-corrected chi connectivity index (χ4v) is 1.64. The molecule has 0 aromatic heterocycles. The lowest BCUT2D eigenvalue weighted by Gasteiger charge is -2.24. The van der Waals surface area contributed by atoms with Crippen LogP contribution in [0, 0.1) is 0 Å². The minimum Gasteiger partial charge on any atom is -0.377 e. The molecule has 0 spiro atoms. The summed E-state index contributed by atoms with van der Waals surface area (Å²) < 4.78 is 6.44. The third-order valence-electron chi connectivity index (χ3n) is 2.83. The van der Waals surface area contributed by atoms with Crippen LogP contribution in [0.3, 0.4) is 0 Å². The second-order valence-electron chi connectivity index (χ2n) is 4.87. The number of hydrogen-bond donors (Lipinski definition) is 2. The van der Waals surface area contributed by atoms with Crippen LogP contribution in [0.4, 0.5) is 0 Å². The average Bonchev–Trinajstić information content (AvgIpc) is 2.41. The van der Waals surface area contributed by atoms with Gasteiger partial charge in [0.1, 0.15) is 0 Å². The Kier molecular flexibility index (Phi) is 6.31. The Balaban J connectivity index is 2.43. The number of aliphatic imine (C=N–C) groups is 1. The molecule has 0 heterocycles. The molecule has 106 valence electrons. The predicted molar refractivity (Wildman–Crippen MR) is 83.4 cm³/mol. The van der Waals surface area contributed by atoms with E-state index in [0.29, 0.717) is 6.54 Å². The molecule has 0 saturated carbocycles. The molecule has 5 heteroatoms. The number of guanidine groups is 1. The standard InChI is InChI=1S/C14H22BrN3O/c1-14(2,19-4)10-18-13(16-3)17-9-11-5-7-12(15)8-6-11/h5-8H,9-10H2,1-4H3,(H2,16,17,18). The van der Waals surface area contributed by atoms with Gasteiger partial charge in [-0.3, -0.25) is 4.99 Å². The minimum atomic E-state index is -0.213. The van der Waals surface area contributed by atoms with Gasteiger partial charge in [0.2, 0.25) is 0 Å². The molecule has 0 atom stereocenters. The first-order valence-electron chi connectivity index (χ1n) is 6.21. The number of methoxy groups -OCH3 is 1. The van der Waals surface area contributed by atoms with Gasteiger partial charge in [-0.15, -0.1) is 0 Å². The molecule has 1 aromatic rings. The van der Waals surface area contributed by atoms with Crippen molar-refractivity contribution in [3.8, 4) is 0 Å². The van der Waals surface area contributed by atoms with Gasteiger partial charge in [-0.05, 0) is 31.5 Å². The smallest absolute Gasteiger partial charge is 0.191 e. The molecule has 0 amide bonds. The van der Waals surface area contributed by atoms with Gasteiger partial charge in [0, 0.05) is 31.7 Å². The highest BCUT2D eigenvalue weighted by atomic mass is 79.9. The summed E-state index contributed by atoms with van der Waals surface area (Å²) in [6.45, 7) is 5.49. The van der Waals surface area contributed by atoms with Crippen molar-refractivity contribution in [3.05, 3.63) is 34.3 Å². The number of rotatable bonds is 5. The first-order chi connectivity index (χ1) is 8.96. The Hall–Kier alpha value is -1.07. The van der Waals surface area contributed by atoms with E-state index in [-0.39, 0.29) is 5.60 Å². The van der Waals surface area contributed by atoms with Crippen LogP contribution in [0.5, 0.6) is 0 Å². The molecular weight excluding hydrogens is 306 g/mol. The lowest BCUT2D eigenvalue weighted by atomic mass is 10.1. The Morgan fingerprint density at radius 3 is 2.42 bits per heavy atom. The van der Waals surface area contributed by atoms with Gasteiger partial charge in [-0.1, -0.05) is 28.1 Å². The summed E-state index contributed by atoms with van der Waals surface area (Å²) in [7, 11) is 3.47. The number of hydrogen-bond acceptors (Lipinski definition) is 2. The molecule has 0 aliphatic carbocycles. The van der Waals surface area contributed by atoms with Crippen LogP contribution >= 0.6 is 15.9 Å². The second kappa shape index (κ2) is 7.50. The predicted octanol–water partition coefficient (Wildman–Crippen LogP) is 2.54. The number of nitrogens with one attached hydrogen (secondary N) is 2. The van der Waals surface area contributed by atoms with E-state index in [1.54, 1.807) is 14.2 Å². The number of benzene rings is 1. The summed E-state index contributed by atoms with van der Waals surface area (Å²) in [6, 6.07) is 8.20. The maximum atomic E-state index is 5.36. The van der Waals surface area contributed by atoms with E-state index in [2.05, 4.69) is 43.7 Å². The molecule has 0 aliphatic heterocycles. The molecule has 0 aliphatic rings. The van der Waals surface area contributed by atoms with Crippen molar-refractivity contribution in [1.82, 2.24) is 10.6 Å². The van der Waals surface area contributed by atoms with Crippen molar-refractivity contribution in [2.75, 3.05) is 20.7 Å². The van der Waals surface area contributed by atoms with E-state index in [1.165, 1.54) is 5.56 Å². The van der Waals surface area contributed by atoms with E-state index >= 15 is 0 Å². The van der Waals surface area contributed by atoms with Crippen LogP contribution in [0.25, 0.3) is 0 Å². The fraction of sp³-hybridized carbons (Fsp3) is 0.500. The van der Waals surface area contributed by atoms with Gasteiger partial charge in [0.25, 0.3) is 0 Å². The van der Waals surface area contributed by atoms with Gasteiger partial charge < -0.3 is 15.4 Å². The first kappa shape index (κ1) is 16.0. The van der Waals surface area contributed by atoms with Crippen LogP contribution in [0.1, 0.15) is 19.4 Å². The largest absolute Gasteiger partial charge is 0.377 e. The maximum absolute atomic E-state index is 5.36. The lowest BCUT2D eigenvalue weighted by molar-refractivity contribution is 0.0268. The summed E-state index contributed by atoms with van der Waals surface area (Å²) in [5.41, 5.74) is 0.993. The average molecular weight is 328 g/mol. The molecule has 4 nitrogen and oxygen atoms in total. The second-order valence-corrected chi connectivity index (χ2v) is 5.79. The zero-order valence-corrected chi connectivity index (χ0v) is 13.5. The monoisotopic (exact) mass is 327 g/mol. The van der Waals surface area contributed by atoms with Gasteiger partial charge >= 0.3 is 0 Å². The molecule has 0 bridgehead atoms. The third kappa shape index (κ3) is 6.07. The summed E-state index contributed by atoms with van der Waals surface area (Å²) >= 11 is 3.42. The minimum absolute atomic E-state index is 0.213. The van der Waals surface area contributed by atoms with Crippen molar-refractivity contribution in [2.45, 2.75) is 26.0 Å². The zero-order valence-electron chi connectivity index (χ0n) is 12.0. The summed E-state index contributed by atoms with van der Waals surface area (Å²) in [5, 5.41) is 6.52. The highest BCUT2D eigenvalue weighted by Crippen LogP contribution is 2.10. The van der Waals surface area contributed by atoms with Crippen molar-refractivity contribution in [2.24, 2.45) is 4.99 Å². The molecule has 0 saturated heterocycles. The number of nitrogens with zero attached hydrogens (tertiary/aromatic N) is 1. The Bertz CT molecular complexity index is 415. The van der Waals surface area contributed by atoms with Gasteiger partial charge in [-0.25, -0.2) is 0 Å². The Morgan fingerprint density at radius 2 is 1.89 bits per heavy atom. The van der Waals surface area contributed by atoms with Crippen LogP contribution in [0.15, 0.2) is 33.7 Å². The van der Waals surface area contributed by atoms with Gasteiger partial charge in [0.15, 0.2) is 5.96 Å². The molecule has 1 aromatic carbocycles. The molecule has 0 fully saturated rings. The SMILES string of the molecule is CN=C(NCc1ccc(Br)cc1)NCC(C)(C)OC. The van der Waals surface area contributed by atoms with E-state index < -0.39 is 0 Å². The van der Waals surface area contributed by atoms with E-state index in [0.717, 1.165) is 17.0 Å². The van der Waals surface area contributed by atoms with Crippen molar-refractivity contribution in [1.29, 1.82) is 0 Å². The molecular formula is C14H22BrN3O. The van der Waals surface area contributed by atoms with Crippen LogP contribution < -0.4 is 10.6 Å². The van der Waals surface area contributed by atoms with Gasteiger partial charge in [-0.2, -0.15) is 0 Å². The quantitative estimate of drug-likeness (QED) is 0.645. The molecule has 0 radical (unpaired) electrons. The summed E-state index contributed by atoms with van der Waals surface area (Å²) in [6.07, 6.45) is 0. The molecule has 19 heavy (non-hydrogen) atoms. The van der Waals surface area contributed by atoms with E-state index in [4.69, 9.17) is 4.74 Å². The Morgan fingerprint density at radius 1 is 1.26 bits per heavy atom. The summed E-state index contributed by atoms with van der Waals surface area (Å²) in [4.78, 5) is 4.19. The van der Waals surface area contributed by atoms with Gasteiger partial charge in [0.05, 0.1) is 5.60 Å². The van der Waals surface area contributed by atoms with Crippen molar-refractivity contribution >= 4 is 21.9 Å². The normalized spacial score (nSPS) is 12.4. The lowest BCUT2D eigenvalue weighted by Crippen LogP contribution is -2.45. The van der Waals surface area contributed by atoms with Crippen molar-refractivity contribution < 1.29 is 4.74 Å². The Labute approximate surface area is 123 Å².